The van der Waals surface area contributed by atoms with Crippen LogP contribution in [0.3, 0.4) is 0 Å². The SMILES string of the molecule is CCC(C)(C)c1ccc(C(N)C2CCCCCCC2)cc1. The molecule has 1 saturated carbocycles. The first-order valence-corrected chi connectivity index (χ1v) is 8.90. The topological polar surface area (TPSA) is 26.0 Å². The summed E-state index contributed by atoms with van der Waals surface area (Å²) in [6.07, 6.45) is 10.7. The second-order valence-electron chi connectivity index (χ2n) is 7.49. The van der Waals surface area contributed by atoms with Crippen molar-refractivity contribution in [1.29, 1.82) is 0 Å². The molecule has 1 heteroatoms. The van der Waals surface area contributed by atoms with Crippen molar-refractivity contribution in [3.05, 3.63) is 35.4 Å². The molecule has 2 rings (SSSR count). The van der Waals surface area contributed by atoms with Crippen molar-refractivity contribution in [2.75, 3.05) is 0 Å². The van der Waals surface area contributed by atoms with Gasteiger partial charge in [-0.25, -0.2) is 0 Å². The molecule has 1 aliphatic rings. The standard InChI is InChI=1S/C20H33N/c1-4-20(2,3)18-14-12-17(13-15-18)19(21)16-10-8-6-5-7-9-11-16/h12-16,19H,4-11,21H2,1-3H3. The van der Waals surface area contributed by atoms with Crippen LogP contribution in [0.25, 0.3) is 0 Å². The largest absolute Gasteiger partial charge is 0.324 e. The van der Waals surface area contributed by atoms with Crippen molar-refractivity contribution >= 4 is 0 Å². The van der Waals surface area contributed by atoms with E-state index in [4.69, 9.17) is 5.73 Å². The fourth-order valence-electron chi connectivity index (χ4n) is 3.48. The highest BCUT2D eigenvalue weighted by molar-refractivity contribution is 5.29. The van der Waals surface area contributed by atoms with Gasteiger partial charge in [0.15, 0.2) is 0 Å². The molecule has 0 radical (unpaired) electrons. The molecular weight excluding hydrogens is 254 g/mol. The Bertz CT molecular complexity index is 410. The van der Waals surface area contributed by atoms with Crippen molar-refractivity contribution in [3.63, 3.8) is 0 Å². The summed E-state index contributed by atoms with van der Waals surface area (Å²) in [5, 5.41) is 0. The maximum atomic E-state index is 6.58. The lowest BCUT2D eigenvalue weighted by molar-refractivity contribution is 0.327. The number of benzene rings is 1. The lowest BCUT2D eigenvalue weighted by Gasteiger charge is -2.27. The Labute approximate surface area is 131 Å². The van der Waals surface area contributed by atoms with Crippen LogP contribution >= 0.6 is 0 Å². The van der Waals surface area contributed by atoms with E-state index in [1.807, 2.05) is 0 Å². The third kappa shape index (κ3) is 4.32. The maximum Gasteiger partial charge on any atom is 0.0323 e. The van der Waals surface area contributed by atoms with Gasteiger partial charge in [0.1, 0.15) is 0 Å². The molecule has 1 aromatic carbocycles. The van der Waals surface area contributed by atoms with Gasteiger partial charge in [0.05, 0.1) is 0 Å². The van der Waals surface area contributed by atoms with Gasteiger partial charge in [0.2, 0.25) is 0 Å². The van der Waals surface area contributed by atoms with Crippen molar-refractivity contribution in [3.8, 4) is 0 Å². The molecule has 0 aliphatic heterocycles. The quantitative estimate of drug-likeness (QED) is 0.751. The minimum Gasteiger partial charge on any atom is -0.324 e. The van der Waals surface area contributed by atoms with E-state index in [1.165, 1.54) is 62.5 Å². The molecule has 1 unspecified atom stereocenters. The van der Waals surface area contributed by atoms with E-state index in [0.29, 0.717) is 5.92 Å². The lowest BCUT2D eigenvalue weighted by Crippen LogP contribution is -2.23. The highest BCUT2D eigenvalue weighted by atomic mass is 14.7. The van der Waals surface area contributed by atoms with Crippen LogP contribution in [0.2, 0.25) is 0 Å². The summed E-state index contributed by atoms with van der Waals surface area (Å²) in [6, 6.07) is 9.36. The van der Waals surface area contributed by atoms with Crippen molar-refractivity contribution in [2.24, 2.45) is 11.7 Å². The lowest BCUT2D eigenvalue weighted by atomic mass is 9.80. The Morgan fingerprint density at radius 1 is 1.00 bits per heavy atom. The van der Waals surface area contributed by atoms with Crippen LogP contribution in [0.15, 0.2) is 24.3 Å². The zero-order valence-corrected chi connectivity index (χ0v) is 14.2. The Balaban J connectivity index is 2.06. The first-order chi connectivity index (χ1) is 10.0. The van der Waals surface area contributed by atoms with Gasteiger partial charge >= 0.3 is 0 Å². The fraction of sp³-hybridized carbons (Fsp3) is 0.700. The molecule has 1 nitrogen and oxygen atoms in total. The summed E-state index contributed by atoms with van der Waals surface area (Å²) in [4.78, 5) is 0. The summed E-state index contributed by atoms with van der Waals surface area (Å²) >= 11 is 0. The molecule has 2 N–H and O–H groups in total. The van der Waals surface area contributed by atoms with Gasteiger partial charge in [0, 0.05) is 6.04 Å². The molecule has 1 atom stereocenters. The summed E-state index contributed by atoms with van der Waals surface area (Å²) in [5.41, 5.74) is 9.61. The average molecular weight is 287 g/mol. The zero-order valence-electron chi connectivity index (χ0n) is 14.2. The third-order valence-corrected chi connectivity index (χ3v) is 5.62. The van der Waals surface area contributed by atoms with Gasteiger partial charge in [-0.05, 0) is 41.7 Å². The summed E-state index contributed by atoms with van der Waals surface area (Å²) < 4.78 is 0. The van der Waals surface area contributed by atoms with Gasteiger partial charge in [-0.1, -0.05) is 77.1 Å². The van der Waals surface area contributed by atoms with Crippen molar-refractivity contribution < 1.29 is 0 Å². The molecule has 1 aliphatic carbocycles. The van der Waals surface area contributed by atoms with Gasteiger partial charge in [-0.2, -0.15) is 0 Å². The average Bonchev–Trinajstić information content (AvgIpc) is 2.46. The van der Waals surface area contributed by atoms with E-state index >= 15 is 0 Å². The van der Waals surface area contributed by atoms with Gasteiger partial charge in [0.25, 0.3) is 0 Å². The minimum atomic E-state index is 0.224. The third-order valence-electron chi connectivity index (χ3n) is 5.62. The Kier molecular flexibility index (Phi) is 5.87. The summed E-state index contributed by atoms with van der Waals surface area (Å²) in [5.74, 6) is 0.676. The second-order valence-corrected chi connectivity index (χ2v) is 7.49. The zero-order chi connectivity index (χ0) is 15.3. The highest BCUT2D eigenvalue weighted by Crippen LogP contribution is 2.33. The van der Waals surface area contributed by atoms with Crippen LogP contribution in [0.5, 0.6) is 0 Å². The smallest absolute Gasteiger partial charge is 0.0323 e. The van der Waals surface area contributed by atoms with Gasteiger partial charge in [-0.3, -0.25) is 0 Å². The van der Waals surface area contributed by atoms with Gasteiger partial charge in [-0.15, -0.1) is 0 Å². The Morgan fingerprint density at radius 2 is 1.52 bits per heavy atom. The number of hydrogen-bond acceptors (Lipinski definition) is 1. The Morgan fingerprint density at radius 3 is 2.05 bits per heavy atom. The highest BCUT2D eigenvalue weighted by Gasteiger charge is 2.22. The first kappa shape index (κ1) is 16.5. The van der Waals surface area contributed by atoms with E-state index < -0.39 is 0 Å². The van der Waals surface area contributed by atoms with E-state index in [1.54, 1.807) is 0 Å². The van der Waals surface area contributed by atoms with E-state index in [9.17, 15) is 0 Å². The molecule has 1 aromatic rings. The minimum absolute atomic E-state index is 0.224. The monoisotopic (exact) mass is 287 g/mol. The molecule has 0 heterocycles. The molecular formula is C20H33N. The molecule has 0 spiro atoms. The van der Waals surface area contributed by atoms with Crippen molar-refractivity contribution in [2.45, 2.75) is 83.6 Å². The predicted molar refractivity (Wildman–Crippen MR) is 92.5 cm³/mol. The van der Waals surface area contributed by atoms with Crippen LogP contribution < -0.4 is 5.73 Å². The normalized spacial score (nSPS) is 19.8. The van der Waals surface area contributed by atoms with E-state index in [-0.39, 0.29) is 11.5 Å². The summed E-state index contributed by atoms with van der Waals surface area (Å²) in [7, 11) is 0. The van der Waals surface area contributed by atoms with Crippen LogP contribution in [-0.2, 0) is 5.41 Å². The number of nitrogens with two attached hydrogens (primary N) is 1. The molecule has 118 valence electrons. The van der Waals surface area contributed by atoms with Crippen LogP contribution in [-0.4, -0.2) is 0 Å². The van der Waals surface area contributed by atoms with Crippen LogP contribution in [0.1, 0.15) is 89.3 Å². The maximum absolute atomic E-state index is 6.58. The first-order valence-electron chi connectivity index (χ1n) is 8.90. The molecule has 0 bridgehead atoms. The number of rotatable bonds is 4. The predicted octanol–water partition coefficient (Wildman–Crippen LogP) is 5.73. The second kappa shape index (κ2) is 7.45. The summed E-state index contributed by atoms with van der Waals surface area (Å²) in [6.45, 7) is 6.89. The molecule has 0 aromatic heterocycles. The van der Waals surface area contributed by atoms with Crippen molar-refractivity contribution in [1.82, 2.24) is 0 Å². The van der Waals surface area contributed by atoms with E-state index in [2.05, 4.69) is 45.0 Å². The fourth-order valence-corrected chi connectivity index (χ4v) is 3.48. The van der Waals surface area contributed by atoms with E-state index in [0.717, 1.165) is 0 Å². The van der Waals surface area contributed by atoms with Crippen LogP contribution in [0, 0.1) is 5.92 Å². The number of hydrogen-bond donors (Lipinski definition) is 1. The Hall–Kier alpha value is -0.820. The molecule has 0 amide bonds. The van der Waals surface area contributed by atoms with Gasteiger partial charge < -0.3 is 5.73 Å². The van der Waals surface area contributed by atoms with Crippen LogP contribution in [0.4, 0.5) is 0 Å². The molecule has 1 fully saturated rings. The molecule has 0 saturated heterocycles. The molecule has 21 heavy (non-hydrogen) atoms.